The number of halogens is 2. The number of urea groups is 1. The predicted molar refractivity (Wildman–Crippen MR) is 84.7 cm³/mol. The Bertz CT molecular complexity index is 712. The molecule has 0 bridgehead atoms. The third-order valence-electron chi connectivity index (χ3n) is 3.74. The Morgan fingerprint density at radius 2 is 2.00 bits per heavy atom. The molecular weight excluding hydrogens is 302 g/mol. The summed E-state index contributed by atoms with van der Waals surface area (Å²) in [6.07, 6.45) is -2.57. The van der Waals surface area contributed by atoms with Crippen molar-refractivity contribution in [2.45, 2.75) is 33.2 Å². The summed E-state index contributed by atoms with van der Waals surface area (Å²) < 4.78 is 27.1. The zero-order chi connectivity index (χ0) is 17.1. The van der Waals surface area contributed by atoms with E-state index in [9.17, 15) is 13.6 Å². The second kappa shape index (κ2) is 6.76. The lowest BCUT2D eigenvalue weighted by Gasteiger charge is -2.16. The summed E-state index contributed by atoms with van der Waals surface area (Å²) in [6, 6.07) is 4.93. The molecule has 1 unspecified atom stereocenters. The SMILES string of the molecule is Cc1nn(C)c(C)c1C(C)NC(=O)Nc1cccc(C(F)F)c1. The van der Waals surface area contributed by atoms with Crippen LogP contribution >= 0.6 is 0 Å². The van der Waals surface area contributed by atoms with E-state index in [-0.39, 0.29) is 11.6 Å². The van der Waals surface area contributed by atoms with Gasteiger partial charge in [0.1, 0.15) is 0 Å². The number of carbonyl (C=O) groups excluding carboxylic acids is 1. The van der Waals surface area contributed by atoms with Gasteiger partial charge in [-0.15, -0.1) is 0 Å². The minimum absolute atomic E-state index is 0.130. The first-order chi connectivity index (χ1) is 10.8. The highest BCUT2D eigenvalue weighted by molar-refractivity contribution is 5.89. The molecule has 0 spiro atoms. The Morgan fingerprint density at radius 3 is 2.57 bits per heavy atom. The van der Waals surface area contributed by atoms with E-state index in [0.717, 1.165) is 17.0 Å². The molecule has 0 radical (unpaired) electrons. The second-order valence-corrected chi connectivity index (χ2v) is 5.45. The van der Waals surface area contributed by atoms with Crippen LogP contribution in [0, 0.1) is 13.8 Å². The van der Waals surface area contributed by atoms with Gasteiger partial charge >= 0.3 is 6.03 Å². The molecule has 5 nitrogen and oxygen atoms in total. The van der Waals surface area contributed by atoms with Crippen molar-refractivity contribution in [1.29, 1.82) is 0 Å². The number of carbonyl (C=O) groups is 1. The molecule has 1 aromatic heterocycles. The van der Waals surface area contributed by atoms with Gasteiger partial charge in [-0.05, 0) is 32.9 Å². The smallest absolute Gasteiger partial charge is 0.319 e. The summed E-state index contributed by atoms with van der Waals surface area (Å²) in [5.74, 6) is 0. The summed E-state index contributed by atoms with van der Waals surface area (Å²) in [5, 5.41) is 9.69. The molecule has 2 amide bonds. The highest BCUT2D eigenvalue weighted by Crippen LogP contribution is 2.23. The van der Waals surface area contributed by atoms with Crippen LogP contribution in [-0.4, -0.2) is 15.8 Å². The van der Waals surface area contributed by atoms with E-state index in [1.165, 1.54) is 18.2 Å². The molecule has 7 heteroatoms. The number of amides is 2. The van der Waals surface area contributed by atoms with Gasteiger partial charge in [-0.2, -0.15) is 5.10 Å². The fraction of sp³-hybridized carbons (Fsp3) is 0.375. The van der Waals surface area contributed by atoms with Crippen LogP contribution in [0.5, 0.6) is 0 Å². The molecule has 2 rings (SSSR count). The van der Waals surface area contributed by atoms with Crippen molar-refractivity contribution in [3.8, 4) is 0 Å². The first-order valence-corrected chi connectivity index (χ1v) is 7.25. The van der Waals surface area contributed by atoms with Crippen LogP contribution in [0.15, 0.2) is 24.3 Å². The van der Waals surface area contributed by atoms with Crippen LogP contribution in [-0.2, 0) is 7.05 Å². The fourth-order valence-electron chi connectivity index (χ4n) is 2.60. The fourth-order valence-corrected chi connectivity index (χ4v) is 2.60. The van der Waals surface area contributed by atoms with Gasteiger partial charge in [0.2, 0.25) is 0 Å². The Hall–Kier alpha value is -2.44. The zero-order valence-electron chi connectivity index (χ0n) is 13.5. The molecule has 124 valence electrons. The molecule has 0 aliphatic carbocycles. The Labute approximate surface area is 133 Å². The van der Waals surface area contributed by atoms with Crippen LogP contribution in [0.1, 0.15) is 41.9 Å². The lowest BCUT2D eigenvalue weighted by Crippen LogP contribution is -2.31. The maximum atomic E-state index is 12.7. The molecule has 1 aromatic carbocycles. The number of anilines is 1. The van der Waals surface area contributed by atoms with Gasteiger partial charge in [0, 0.05) is 29.6 Å². The molecule has 1 atom stereocenters. The van der Waals surface area contributed by atoms with E-state index < -0.39 is 12.5 Å². The minimum Gasteiger partial charge on any atom is -0.331 e. The van der Waals surface area contributed by atoms with Crippen molar-refractivity contribution in [3.63, 3.8) is 0 Å². The van der Waals surface area contributed by atoms with Crippen molar-refractivity contribution in [3.05, 3.63) is 46.8 Å². The lowest BCUT2D eigenvalue weighted by molar-refractivity contribution is 0.151. The minimum atomic E-state index is -2.57. The number of nitrogens with zero attached hydrogens (tertiary/aromatic N) is 2. The van der Waals surface area contributed by atoms with Crippen LogP contribution in [0.25, 0.3) is 0 Å². The molecular formula is C16H20F2N4O. The zero-order valence-corrected chi connectivity index (χ0v) is 13.5. The van der Waals surface area contributed by atoms with Crippen molar-refractivity contribution < 1.29 is 13.6 Å². The number of alkyl halides is 2. The van der Waals surface area contributed by atoms with Gasteiger partial charge in [-0.3, -0.25) is 4.68 Å². The predicted octanol–water partition coefficient (Wildman–Crippen LogP) is 3.86. The summed E-state index contributed by atoms with van der Waals surface area (Å²) in [5.41, 5.74) is 2.96. The van der Waals surface area contributed by atoms with Gasteiger partial charge in [0.25, 0.3) is 6.43 Å². The van der Waals surface area contributed by atoms with Crippen molar-refractivity contribution in [1.82, 2.24) is 15.1 Å². The van der Waals surface area contributed by atoms with Crippen molar-refractivity contribution >= 4 is 11.7 Å². The normalized spacial score (nSPS) is 12.3. The summed E-state index contributed by atoms with van der Waals surface area (Å²) in [7, 11) is 1.84. The average Bonchev–Trinajstić information content (AvgIpc) is 2.72. The van der Waals surface area contributed by atoms with E-state index in [2.05, 4.69) is 15.7 Å². The molecule has 0 saturated heterocycles. The first kappa shape index (κ1) is 16.9. The first-order valence-electron chi connectivity index (χ1n) is 7.25. The van der Waals surface area contributed by atoms with Gasteiger partial charge in [-0.25, -0.2) is 13.6 Å². The maximum absolute atomic E-state index is 12.7. The molecule has 0 fully saturated rings. The van der Waals surface area contributed by atoms with Gasteiger partial charge in [0.15, 0.2) is 0 Å². The third-order valence-corrected chi connectivity index (χ3v) is 3.74. The Morgan fingerprint density at radius 1 is 1.30 bits per heavy atom. The van der Waals surface area contributed by atoms with E-state index >= 15 is 0 Å². The number of hydrogen-bond donors (Lipinski definition) is 2. The largest absolute Gasteiger partial charge is 0.331 e. The average molecular weight is 322 g/mol. The monoisotopic (exact) mass is 322 g/mol. The Kier molecular flexibility index (Phi) is 4.98. The highest BCUT2D eigenvalue weighted by atomic mass is 19.3. The number of nitrogens with one attached hydrogen (secondary N) is 2. The maximum Gasteiger partial charge on any atom is 0.319 e. The number of aromatic nitrogens is 2. The molecule has 0 aliphatic heterocycles. The van der Waals surface area contributed by atoms with E-state index in [1.54, 1.807) is 10.7 Å². The molecule has 0 saturated carbocycles. The van der Waals surface area contributed by atoms with E-state index in [0.29, 0.717) is 5.69 Å². The number of rotatable bonds is 4. The van der Waals surface area contributed by atoms with Gasteiger partial charge < -0.3 is 10.6 Å². The van der Waals surface area contributed by atoms with Crippen molar-refractivity contribution in [2.75, 3.05) is 5.32 Å². The molecule has 23 heavy (non-hydrogen) atoms. The van der Waals surface area contributed by atoms with E-state index in [4.69, 9.17) is 0 Å². The second-order valence-electron chi connectivity index (χ2n) is 5.45. The highest BCUT2D eigenvalue weighted by Gasteiger charge is 2.18. The standard InChI is InChI=1S/C16H20F2N4O/c1-9(14-10(2)21-22(4)11(14)3)19-16(23)20-13-7-5-6-12(8-13)15(17)18/h5-9,15H,1-4H3,(H2,19,20,23). The van der Waals surface area contributed by atoms with Crippen molar-refractivity contribution in [2.24, 2.45) is 7.05 Å². The topological polar surface area (TPSA) is 59.0 Å². The molecule has 0 aliphatic rings. The summed E-state index contributed by atoms with van der Waals surface area (Å²) in [6.45, 7) is 5.66. The number of hydrogen-bond acceptors (Lipinski definition) is 2. The van der Waals surface area contributed by atoms with Crippen LogP contribution in [0.3, 0.4) is 0 Å². The summed E-state index contributed by atoms with van der Waals surface area (Å²) >= 11 is 0. The van der Waals surface area contributed by atoms with Gasteiger partial charge in [-0.1, -0.05) is 12.1 Å². The number of benzene rings is 1. The summed E-state index contributed by atoms with van der Waals surface area (Å²) in [4.78, 5) is 12.1. The van der Waals surface area contributed by atoms with Crippen LogP contribution in [0.4, 0.5) is 19.3 Å². The van der Waals surface area contributed by atoms with Gasteiger partial charge in [0.05, 0.1) is 11.7 Å². The van der Waals surface area contributed by atoms with Crippen LogP contribution < -0.4 is 10.6 Å². The Balaban J connectivity index is 2.06. The van der Waals surface area contributed by atoms with E-state index in [1.807, 2.05) is 27.8 Å². The molecule has 1 heterocycles. The quantitative estimate of drug-likeness (QED) is 0.898. The molecule has 2 N–H and O–H groups in total. The van der Waals surface area contributed by atoms with Crippen LogP contribution in [0.2, 0.25) is 0 Å². The number of aryl methyl sites for hydroxylation is 2. The molecule has 2 aromatic rings. The lowest BCUT2D eigenvalue weighted by atomic mass is 10.1. The third kappa shape index (κ3) is 3.85.